The molecule has 1 atom stereocenters. The van der Waals surface area contributed by atoms with E-state index in [2.05, 4.69) is 125 Å². The molecule has 138 valence electrons. The minimum absolute atomic E-state index is 0.0529. The molecule has 6 rings (SSSR count). The fraction of sp³-hybridized carbons (Fsp3) is 0.0370. The van der Waals surface area contributed by atoms with Gasteiger partial charge in [-0.05, 0) is 42.0 Å². The minimum atomic E-state index is 0.0529. The maximum absolute atomic E-state index is 2.46. The fourth-order valence-corrected chi connectivity index (χ4v) is 4.59. The van der Waals surface area contributed by atoms with Crippen LogP contribution in [0.5, 0.6) is 0 Å². The molecule has 0 radical (unpaired) electrons. The number of anilines is 2. The van der Waals surface area contributed by atoms with Crippen molar-refractivity contribution >= 4 is 39.3 Å². The number of fused-ring (bicyclic) bond motifs is 4. The van der Waals surface area contributed by atoms with Gasteiger partial charge in [-0.2, -0.15) is 0 Å². The van der Waals surface area contributed by atoms with Gasteiger partial charge in [-0.3, -0.25) is 0 Å². The SMILES string of the molecule is C1=CC(n2c3ccccc3c3ccccc32)N(c2ccccc2)c2ccccc21. The summed E-state index contributed by atoms with van der Waals surface area (Å²) in [7, 11) is 0. The largest absolute Gasteiger partial charge is 0.316 e. The Balaban J connectivity index is 1.68. The van der Waals surface area contributed by atoms with E-state index < -0.39 is 0 Å². The van der Waals surface area contributed by atoms with Crippen LogP contribution in [0.15, 0.2) is 109 Å². The van der Waals surface area contributed by atoms with E-state index in [-0.39, 0.29) is 6.17 Å². The molecule has 0 aliphatic carbocycles. The minimum Gasteiger partial charge on any atom is -0.316 e. The predicted molar refractivity (Wildman–Crippen MR) is 123 cm³/mol. The summed E-state index contributed by atoms with van der Waals surface area (Å²) in [6.07, 6.45) is 4.62. The van der Waals surface area contributed by atoms with E-state index in [1.165, 1.54) is 38.7 Å². The van der Waals surface area contributed by atoms with Gasteiger partial charge < -0.3 is 9.47 Å². The highest BCUT2D eigenvalue weighted by Crippen LogP contribution is 2.42. The second-order valence-corrected chi connectivity index (χ2v) is 7.44. The van der Waals surface area contributed by atoms with E-state index in [0.717, 1.165) is 0 Å². The van der Waals surface area contributed by atoms with Crippen molar-refractivity contribution in [2.75, 3.05) is 4.90 Å². The van der Waals surface area contributed by atoms with Crippen LogP contribution in [0.3, 0.4) is 0 Å². The first-order valence-corrected chi connectivity index (χ1v) is 10.0. The highest BCUT2D eigenvalue weighted by Gasteiger charge is 2.27. The molecule has 0 saturated carbocycles. The molecule has 0 spiro atoms. The van der Waals surface area contributed by atoms with Crippen LogP contribution in [0.4, 0.5) is 11.4 Å². The first-order valence-electron chi connectivity index (χ1n) is 10.0. The lowest BCUT2D eigenvalue weighted by atomic mass is 10.0. The lowest BCUT2D eigenvalue weighted by Gasteiger charge is -2.37. The van der Waals surface area contributed by atoms with Gasteiger partial charge in [0.25, 0.3) is 0 Å². The zero-order valence-electron chi connectivity index (χ0n) is 15.9. The van der Waals surface area contributed by atoms with Crippen molar-refractivity contribution in [3.05, 3.63) is 115 Å². The van der Waals surface area contributed by atoms with Gasteiger partial charge in [-0.1, -0.05) is 78.9 Å². The summed E-state index contributed by atoms with van der Waals surface area (Å²) in [5, 5.41) is 2.59. The Hall–Kier alpha value is -3.78. The molecule has 1 unspecified atom stereocenters. The van der Waals surface area contributed by atoms with Crippen LogP contribution >= 0.6 is 0 Å². The lowest BCUT2D eigenvalue weighted by molar-refractivity contribution is 0.649. The molecule has 4 aromatic carbocycles. The molecule has 2 heterocycles. The maximum atomic E-state index is 2.46. The van der Waals surface area contributed by atoms with Crippen molar-refractivity contribution in [3.63, 3.8) is 0 Å². The van der Waals surface area contributed by atoms with E-state index in [1.54, 1.807) is 0 Å². The van der Waals surface area contributed by atoms with Crippen molar-refractivity contribution < 1.29 is 0 Å². The Bertz CT molecular complexity index is 1310. The molecule has 1 aliphatic heterocycles. The first-order chi connectivity index (χ1) is 14.4. The Labute approximate surface area is 169 Å². The van der Waals surface area contributed by atoms with E-state index in [4.69, 9.17) is 0 Å². The molecular weight excluding hydrogens is 352 g/mol. The average Bonchev–Trinajstić information content (AvgIpc) is 3.13. The molecule has 29 heavy (non-hydrogen) atoms. The number of rotatable bonds is 2. The molecular formula is C27H20N2. The molecule has 2 heteroatoms. The average molecular weight is 372 g/mol. The maximum Gasteiger partial charge on any atom is 0.130 e. The summed E-state index contributed by atoms with van der Waals surface area (Å²) in [6, 6.07) is 36.7. The Morgan fingerprint density at radius 2 is 1.14 bits per heavy atom. The van der Waals surface area contributed by atoms with E-state index in [9.17, 15) is 0 Å². The van der Waals surface area contributed by atoms with Crippen molar-refractivity contribution in [1.82, 2.24) is 4.57 Å². The smallest absolute Gasteiger partial charge is 0.130 e. The monoisotopic (exact) mass is 372 g/mol. The molecule has 0 bridgehead atoms. The fourth-order valence-electron chi connectivity index (χ4n) is 4.59. The van der Waals surface area contributed by atoms with Gasteiger partial charge in [0.15, 0.2) is 0 Å². The summed E-state index contributed by atoms with van der Waals surface area (Å²) in [6.45, 7) is 0. The number of aromatic nitrogens is 1. The number of hydrogen-bond acceptors (Lipinski definition) is 1. The number of hydrogen-bond donors (Lipinski definition) is 0. The Kier molecular flexibility index (Phi) is 3.57. The molecule has 0 N–H and O–H groups in total. The van der Waals surface area contributed by atoms with Crippen LogP contribution in [-0.4, -0.2) is 4.57 Å². The quantitative estimate of drug-likeness (QED) is 0.319. The third kappa shape index (κ3) is 2.43. The zero-order chi connectivity index (χ0) is 19.2. The van der Waals surface area contributed by atoms with Gasteiger partial charge in [0, 0.05) is 16.5 Å². The zero-order valence-corrected chi connectivity index (χ0v) is 15.9. The lowest BCUT2D eigenvalue weighted by Crippen LogP contribution is -2.29. The molecule has 0 saturated heterocycles. The molecule has 5 aromatic rings. The van der Waals surface area contributed by atoms with Gasteiger partial charge >= 0.3 is 0 Å². The van der Waals surface area contributed by atoms with E-state index >= 15 is 0 Å². The number of benzene rings is 4. The van der Waals surface area contributed by atoms with E-state index in [0.29, 0.717) is 0 Å². The molecule has 1 aliphatic rings. The summed E-state index contributed by atoms with van der Waals surface area (Å²) < 4.78 is 2.46. The normalized spacial score (nSPS) is 15.7. The predicted octanol–water partition coefficient (Wildman–Crippen LogP) is 7.16. The van der Waals surface area contributed by atoms with Gasteiger partial charge in [0.2, 0.25) is 0 Å². The summed E-state index contributed by atoms with van der Waals surface area (Å²) in [5.41, 5.74) is 6.17. The molecule has 1 aromatic heterocycles. The summed E-state index contributed by atoms with van der Waals surface area (Å²) >= 11 is 0. The van der Waals surface area contributed by atoms with Crippen LogP contribution < -0.4 is 4.90 Å². The second-order valence-electron chi connectivity index (χ2n) is 7.44. The standard InChI is InChI=1S/C27H20N2/c1-2-11-21(12-3-1)28-24-15-7-4-10-20(24)18-19-27(28)29-25-16-8-5-13-22(25)23-14-6-9-17-26(23)29/h1-19,27H. The van der Waals surface area contributed by atoms with Gasteiger partial charge in [-0.15, -0.1) is 0 Å². The van der Waals surface area contributed by atoms with Crippen molar-refractivity contribution in [1.29, 1.82) is 0 Å². The topological polar surface area (TPSA) is 8.17 Å². The molecule has 2 nitrogen and oxygen atoms in total. The molecule has 0 amide bonds. The highest BCUT2D eigenvalue weighted by molar-refractivity contribution is 6.08. The van der Waals surface area contributed by atoms with Gasteiger partial charge in [0.1, 0.15) is 6.17 Å². The van der Waals surface area contributed by atoms with Gasteiger partial charge in [-0.25, -0.2) is 0 Å². The van der Waals surface area contributed by atoms with Gasteiger partial charge in [0.05, 0.1) is 16.7 Å². The summed E-state index contributed by atoms with van der Waals surface area (Å²) in [5.74, 6) is 0. The van der Waals surface area contributed by atoms with Crippen molar-refractivity contribution in [2.45, 2.75) is 6.17 Å². The number of nitrogens with zero attached hydrogens (tertiary/aromatic N) is 2. The van der Waals surface area contributed by atoms with Crippen LogP contribution in [0.1, 0.15) is 11.7 Å². The van der Waals surface area contributed by atoms with Crippen LogP contribution in [0.2, 0.25) is 0 Å². The Morgan fingerprint density at radius 3 is 1.86 bits per heavy atom. The summed E-state index contributed by atoms with van der Waals surface area (Å²) in [4.78, 5) is 2.44. The first kappa shape index (κ1) is 16.2. The highest BCUT2D eigenvalue weighted by atomic mass is 15.3. The van der Waals surface area contributed by atoms with Crippen molar-refractivity contribution in [2.24, 2.45) is 0 Å². The van der Waals surface area contributed by atoms with Crippen LogP contribution in [-0.2, 0) is 0 Å². The van der Waals surface area contributed by atoms with Crippen molar-refractivity contribution in [3.8, 4) is 0 Å². The van der Waals surface area contributed by atoms with E-state index in [1.807, 2.05) is 0 Å². The third-order valence-electron chi connectivity index (χ3n) is 5.82. The molecule has 0 fully saturated rings. The second kappa shape index (κ2) is 6.39. The Morgan fingerprint density at radius 1 is 0.552 bits per heavy atom. The van der Waals surface area contributed by atoms with Crippen LogP contribution in [0.25, 0.3) is 27.9 Å². The van der Waals surface area contributed by atoms with Crippen LogP contribution in [0, 0.1) is 0 Å². The number of para-hydroxylation sites is 4. The third-order valence-corrected chi connectivity index (χ3v) is 5.82.